The van der Waals surface area contributed by atoms with E-state index >= 15 is 0 Å². The van der Waals surface area contributed by atoms with Crippen molar-refractivity contribution in [1.29, 1.82) is 0 Å². The van der Waals surface area contributed by atoms with E-state index in [0.717, 1.165) is 13.0 Å². The fourth-order valence-corrected chi connectivity index (χ4v) is 1.43. The van der Waals surface area contributed by atoms with Gasteiger partial charge in [-0.05, 0) is 13.0 Å². The standard InChI is InChI=1S/C7H13N3O2/c8-6(11)4-10-2-1-5(3-10)7(9)12/h5H,1-4H2,(H2,8,11)(H2,9,12)/t5-/m1/s1. The summed E-state index contributed by atoms with van der Waals surface area (Å²) in [5, 5.41) is 0. The molecule has 1 saturated heterocycles. The van der Waals surface area contributed by atoms with Crippen LogP contribution in [0.5, 0.6) is 0 Å². The lowest BCUT2D eigenvalue weighted by molar-refractivity contribution is -0.122. The Labute approximate surface area is 70.7 Å². The number of likely N-dealkylation sites (tertiary alicyclic amines) is 1. The van der Waals surface area contributed by atoms with Crippen LogP contribution in [0.15, 0.2) is 0 Å². The Balaban J connectivity index is 2.35. The van der Waals surface area contributed by atoms with E-state index in [-0.39, 0.29) is 24.3 Å². The fraction of sp³-hybridized carbons (Fsp3) is 0.714. The van der Waals surface area contributed by atoms with Crippen molar-refractivity contribution in [2.45, 2.75) is 6.42 Å². The Kier molecular flexibility index (Phi) is 2.65. The fourth-order valence-electron chi connectivity index (χ4n) is 1.43. The third-order valence-corrected chi connectivity index (χ3v) is 2.05. The average Bonchev–Trinajstić information content (AvgIpc) is 2.34. The minimum atomic E-state index is -0.361. The van der Waals surface area contributed by atoms with Gasteiger partial charge in [0.25, 0.3) is 0 Å². The van der Waals surface area contributed by atoms with Gasteiger partial charge in [0.2, 0.25) is 11.8 Å². The third kappa shape index (κ3) is 2.20. The molecule has 1 aliphatic rings. The topological polar surface area (TPSA) is 89.4 Å². The molecule has 0 unspecified atom stereocenters. The maximum atomic E-state index is 10.7. The van der Waals surface area contributed by atoms with Crippen LogP contribution < -0.4 is 11.5 Å². The zero-order valence-corrected chi connectivity index (χ0v) is 6.82. The second-order valence-electron chi connectivity index (χ2n) is 3.09. The largest absolute Gasteiger partial charge is 0.369 e. The summed E-state index contributed by atoms with van der Waals surface area (Å²) in [4.78, 5) is 23.1. The Morgan fingerprint density at radius 3 is 2.50 bits per heavy atom. The first-order valence-corrected chi connectivity index (χ1v) is 3.89. The molecule has 5 heteroatoms. The first-order valence-electron chi connectivity index (χ1n) is 3.89. The van der Waals surface area contributed by atoms with Crippen molar-refractivity contribution in [2.75, 3.05) is 19.6 Å². The number of amides is 2. The second-order valence-corrected chi connectivity index (χ2v) is 3.09. The number of hydrogen-bond donors (Lipinski definition) is 2. The van der Waals surface area contributed by atoms with E-state index < -0.39 is 0 Å². The zero-order valence-electron chi connectivity index (χ0n) is 6.82. The molecule has 0 aromatic rings. The Morgan fingerprint density at radius 1 is 1.42 bits per heavy atom. The van der Waals surface area contributed by atoms with Crippen molar-refractivity contribution in [1.82, 2.24) is 4.90 Å². The smallest absolute Gasteiger partial charge is 0.231 e. The van der Waals surface area contributed by atoms with Crippen molar-refractivity contribution in [3.05, 3.63) is 0 Å². The van der Waals surface area contributed by atoms with Crippen LogP contribution in [0.25, 0.3) is 0 Å². The molecule has 0 aromatic heterocycles. The highest BCUT2D eigenvalue weighted by molar-refractivity contribution is 5.78. The Bertz CT molecular complexity index is 205. The minimum absolute atomic E-state index is 0.107. The van der Waals surface area contributed by atoms with Crippen molar-refractivity contribution < 1.29 is 9.59 Å². The SMILES string of the molecule is NC(=O)CN1CC[C@@H](C(N)=O)C1. The van der Waals surface area contributed by atoms with Gasteiger partial charge >= 0.3 is 0 Å². The molecule has 5 nitrogen and oxygen atoms in total. The molecule has 68 valence electrons. The number of hydrogen-bond acceptors (Lipinski definition) is 3. The molecule has 1 rings (SSSR count). The molecule has 4 N–H and O–H groups in total. The number of rotatable bonds is 3. The van der Waals surface area contributed by atoms with Crippen molar-refractivity contribution >= 4 is 11.8 Å². The van der Waals surface area contributed by atoms with E-state index in [9.17, 15) is 9.59 Å². The van der Waals surface area contributed by atoms with Crippen molar-refractivity contribution in [2.24, 2.45) is 17.4 Å². The third-order valence-electron chi connectivity index (χ3n) is 2.05. The molecule has 0 spiro atoms. The summed E-state index contributed by atoms with van der Waals surface area (Å²) in [5.41, 5.74) is 10.1. The van der Waals surface area contributed by atoms with Crippen LogP contribution >= 0.6 is 0 Å². The summed E-state index contributed by atoms with van der Waals surface area (Å²) < 4.78 is 0. The summed E-state index contributed by atoms with van der Waals surface area (Å²) in [6, 6.07) is 0. The Morgan fingerprint density at radius 2 is 2.08 bits per heavy atom. The molecule has 1 aliphatic heterocycles. The molecule has 0 bridgehead atoms. The molecule has 2 amide bonds. The molecule has 0 saturated carbocycles. The highest BCUT2D eigenvalue weighted by atomic mass is 16.1. The summed E-state index contributed by atoms with van der Waals surface area (Å²) in [5.74, 6) is -0.758. The number of primary amides is 2. The summed E-state index contributed by atoms with van der Waals surface area (Å²) in [7, 11) is 0. The predicted octanol–water partition coefficient (Wildman–Crippen LogP) is -1.72. The lowest BCUT2D eigenvalue weighted by atomic mass is 10.1. The van der Waals surface area contributed by atoms with Gasteiger partial charge in [0.15, 0.2) is 0 Å². The number of nitrogens with two attached hydrogens (primary N) is 2. The van der Waals surface area contributed by atoms with Crippen LogP contribution in [0.4, 0.5) is 0 Å². The van der Waals surface area contributed by atoms with Gasteiger partial charge in [-0.15, -0.1) is 0 Å². The normalized spacial score (nSPS) is 24.2. The summed E-state index contributed by atoms with van der Waals surface area (Å²) >= 11 is 0. The lowest BCUT2D eigenvalue weighted by Gasteiger charge is -2.11. The van der Waals surface area contributed by atoms with Gasteiger partial charge < -0.3 is 11.5 Å². The van der Waals surface area contributed by atoms with Crippen LogP contribution in [0, 0.1) is 5.92 Å². The molecule has 1 fully saturated rings. The van der Waals surface area contributed by atoms with Gasteiger partial charge in [-0.1, -0.05) is 0 Å². The Hall–Kier alpha value is -1.10. The molecule has 12 heavy (non-hydrogen) atoms. The van der Waals surface area contributed by atoms with Crippen LogP contribution in [0.3, 0.4) is 0 Å². The van der Waals surface area contributed by atoms with E-state index in [2.05, 4.69) is 0 Å². The van der Waals surface area contributed by atoms with E-state index in [1.165, 1.54) is 0 Å². The number of carbonyl (C=O) groups excluding carboxylic acids is 2. The van der Waals surface area contributed by atoms with E-state index in [0.29, 0.717) is 6.54 Å². The van der Waals surface area contributed by atoms with Gasteiger partial charge in [0.1, 0.15) is 0 Å². The average molecular weight is 171 g/mol. The molecule has 1 heterocycles. The molecular formula is C7H13N3O2. The van der Waals surface area contributed by atoms with E-state index in [4.69, 9.17) is 11.5 Å². The summed E-state index contributed by atoms with van der Waals surface area (Å²) in [6.07, 6.45) is 0.739. The van der Waals surface area contributed by atoms with Crippen LogP contribution in [-0.2, 0) is 9.59 Å². The molecule has 1 atom stereocenters. The first-order chi connectivity index (χ1) is 5.59. The second kappa shape index (κ2) is 3.53. The highest BCUT2D eigenvalue weighted by Gasteiger charge is 2.26. The monoisotopic (exact) mass is 171 g/mol. The summed E-state index contributed by atoms with van der Waals surface area (Å²) in [6.45, 7) is 1.53. The molecule has 0 aromatic carbocycles. The van der Waals surface area contributed by atoms with Gasteiger partial charge in [0.05, 0.1) is 12.5 Å². The van der Waals surface area contributed by atoms with Gasteiger partial charge in [-0.3, -0.25) is 14.5 Å². The van der Waals surface area contributed by atoms with Gasteiger partial charge in [-0.25, -0.2) is 0 Å². The predicted molar refractivity (Wildman–Crippen MR) is 42.9 cm³/mol. The lowest BCUT2D eigenvalue weighted by Crippen LogP contribution is -2.33. The van der Waals surface area contributed by atoms with Crippen molar-refractivity contribution in [3.8, 4) is 0 Å². The van der Waals surface area contributed by atoms with Crippen LogP contribution in [0.1, 0.15) is 6.42 Å². The van der Waals surface area contributed by atoms with Crippen molar-refractivity contribution in [3.63, 3.8) is 0 Å². The zero-order chi connectivity index (χ0) is 9.14. The van der Waals surface area contributed by atoms with Gasteiger partial charge in [-0.2, -0.15) is 0 Å². The number of nitrogens with zero attached hydrogens (tertiary/aromatic N) is 1. The minimum Gasteiger partial charge on any atom is -0.369 e. The van der Waals surface area contributed by atoms with E-state index in [1.54, 1.807) is 0 Å². The first kappa shape index (κ1) is 8.99. The molecular weight excluding hydrogens is 158 g/mol. The maximum absolute atomic E-state index is 10.7. The maximum Gasteiger partial charge on any atom is 0.231 e. The number of carbonyl (C=O) groups is 2. The molecule has 0 radical (unpaired) electrons. The quantitative estimate of drug-likeness (QED) is 0.529. The van der Waals surface area contributed by atoms with E-state index in [1.807, 2.05) is 4.90 Å². The highest BCUT2D eigenvalue weighted by Crippen LogP contribution is 2.14. The van der Waals surface area contributed by atoms with Gasteiger partial charge in [0, 0.05) is 6.54 Å². The van der Waals surface area contributed by atoms with Crippen LogP contribution in [0.2, 0.25) is 0 Å². The van der Waals surface area contributed by atoms with Crippen LogP contribution in [-0.4, -0.2) is 36.3 Å². The molecule has 0 aliphatic carbocycles.